The molecule has 9 heavy (non-hydrogen) atoms. The Hall–Kier alpha value is -0.930. The molecule has 4 heteroatoms. The summed E-state index contributed by atoms with van der Waals surface area (Å²) in [5, 5.41) is -0.302. The van der Waals surface area contributed by atoms with E-state index in [0.717, 1.165) is 0 Å². The minimum Gasteiger partial charge on any atom is -0.272 e. The van der Waals surface area contributed by atoms with E-state index in [1.807, 2.05) is 0 Å². The van der Waals surface area contributed by atoms with Gasteiger partial charge in [0.05, 0.1) is 0 Å². The molecule has 0 atom stereocenters. The SMILES string of the molecule is O=C1CCCC(=O)N1F. The summed E-state index contributed by atoms with van der Waals surface area (Å²) in [6.45, 7) is 0. The Bertz CT molecular complexity index is 141. The minimum atomic E-state index is -0.716. The van der Waals surface area contributed by atoms with Crippen LogP contribution in [-0.4, -0.2) is 16.9 Å². The van der Waals surface area contributed by atoms with Gasteiger partial charge in [-0.15, -0.1) is 5.12 Å². The first kappa shape index (κ1) is 6.19. The van der Waals surface area contributed by atoms with E-state index in [4.69, 9.17) is 0 Å². The molecule has 3 nitrogen and oxygen atoms in total. The molecule has 0 aromatic carbocycles. The van der Waals surface area contributed by atoms with Crippen LogP contribution in [0.2, 0.25) is 0 Å². The summed E-state index contributed by atoms with van der Waals surface area (Å²) >= 11 is 0. The third-order valence-electron chi connectivity index (χ3n) is 1.22. The maximum absolute atomic E-state index is 12.1. The molecular weight excluding hydrogens is 125 g/mol. The van der Waals surface area contributed by atoms with Gasteiger partial charge in [-0.3, -0.25) is 9.59 Å². The zero-order valence-corrected chi connectivity index (χ0v) is 4.76. The van der Waals surface area contributed by atoms with Gasteiger partial charge in [0.2, 0.25) is 0 Å². The molecule has 1 rings (SSSR count). The Labute approximate surface area is 51.4 Å². The topological polar surface area (TPSA) is 37.4 Å². The van der Waals surface area contributed by atoms with Gasteiger partial charge in [-0.25, -0.2) is 0 Å². The number of imide groups is 1. The van der Waals surface area contributed by atoms with Crippen LogP contribution in [0.1, 0.15) is 19.3 Å². The first-order valence-corrected chi connectivity index (χ1v) is 2.73. The van der Waals surface area contributed by atoms with Crippen LogP contribution in [0.4, 0.5) is 4.48 Å². The summed E-state index contributed by atoms with van der Waals surface area (Å²) in [6.07, 6.45) is 0.794. The molecule has 0 aliphatic carbocycles. The fourth-order valence-electron chi connectivity index (χ4n) is 0.726. The molecule has 0 unspecified atom stereocenters. The maximum Gasteiger partial charge on any atom is 0.258 e. The number of rotatable bonds is 0. The van der Waals surface area contributed by atoms with Gasteiger partial charge in [-0.1, -0.05) is 4.48 Å². The molecule has 0 bridgehead atoms. The smallest absolute Gasteiger partial charge is 0.258 e. The van der Waals surface area contributed by atoms with Gasteiger partial charge >= 0.3 is 0 Å². The summed E-state index contributed by atoms with van der Waals surface area (Å²) in [6, 6.07) is 0. The van der Waals surface area contributed by atoms with E-state index < -0.39 is 11.8 Å². The lowest BCUT2D eigenvalue weighted by Crippen LogP contribution is -2.33. The van der Waals surface area contributed by atoms with Crippen LogP contribution >= 0.6 is 0 Å². The van der Waals surface area contributed by atoms with E-state index in [1.165, 1.54) is 0 Å². The van der Waals surface area contributed by atoms with Crippen LogP contribution in [0.5, 0.6) is 0 Å². The number of hydrogen-bond donors (Lipinski definition) is 0. The first-order chi connectivity index (χ1) is 4.22. The normalized spacial score (nSPS) is 20.8. The number of piperidine rings is 1. The molecule has 1 aliphatic heterocycles. The first-order valence-electron chi connectivity index (χ1n) is 2.73. The largest absolute Gasteiger partial charge is 0.272 e. The lowest BCUT2D eigenvalue weighted by atomic mass is 10.1. The zero-order chi connectivity index (χ0) is 6.85. The Morgan fingerprint density at radius 1 is 1.22 bits per heavy atom. The summed E-state index contributed by atoms with van der Waals surface area (Å²) < 4.78 is 12.1. The Balaban J connectivity index is 2.62. The third kappa shape index (κ3) is 1.06. The lowest BCUT2D eigenvalue weighted by Gasteiger charge is -2.13. The average Bonchev–Trinajstić information content (AvgIpc) is 1.83. The fourth-order valence-corrected chi connectivity index (χ4v) is 0.726. The molecule has 0 spiro atoms. The molecule has 1 fully saturated rings. The molecule has 0 aromatic heterocycles. The standard InChI is InChI=1S/C5H6FNO2/c6-7-4(8)2-1-3-5(7)9/h1-3H2. The van der Waals surface area contributed by atoms with Crippen molar-refractivity contribution in [3.63, 3.8) is 0 Å². The molecule has 0 aromatic rings. The molecule has 50 valence electrons. The molecule has 1 saturated heterocycles. The monoisotopic (exact) mass is 131 g/mol. The summed E-state index contributed by atoms with van der Waals surface area (Å²) in [7, 11) is 0. The van der Waals surface area contributed by atoms with Crippen molar-refractivity contribution in [1.82, 2.24) is 5.12 Å². The predicted octanol–water partition coefficient (Wildman–Crippen LogP) is 0.410. The highest BCUT2D eigenvalue weighted by atomic mass is 19.2. The van der Waals surface area contributed by atoms with Crippen LogP contribution in [0, 0.1) is 0 Å². The van der Waals surface area contributed by atoms with Gasteiger partial charge in [-0.2, -0.15) is 0 Å². The van der Waals surface area contributed by atoms with Gasteiger partial charge in [0, 0.05) is 12.8 Å². The molecule has 0 N–H and O–H groups in total. The van der Waals surface area contributed by atoms with Crippen molar-refractivity contribution in [2.75, 3.05) is 0 Å². The second-order valence-electron chi connectivity index (χ2n) is 1.92. The van der Waals surface area contributed by atoms with Crippen LogP contribution in [0.3, 0.4) is 0 Å². The Morgan fingerprint density at radius 2 is 1.67 bits per heavy atom. The molecule has 0 saturated carbocycles. The van der Waals surface area contributed by atoms with Crippen molar-refractivity contribution in [2.24, 2.45) is 0 Å². The summed E-state index contributed by atoms with van der Waals surface area (Å²) in [4.78, 5) is 20.7. The minimum absolute atomic E-state index is 0.155. The van der Waals surface area contributed by atoms with E-state index in [9.17, 15) is 14.1 Å². The van der Waals surface area contributed by atoms with Gasteiger partial charge in [0.25, 0.3) is 11.8 Å². The average molecular weight is 131 g/mol. The van der Waals surface area contributed by atoms with Gasteiger partial charge in [0.15, 0.2) is 0 Å². The zero-order valence-electron chi connectivity index (χ0n) is 4.76. The highest BCUT2D eigenvalue weighted by molar-refractivity contribution is 5.95. The van der Waals surface area contributed by atoms with E-state index in [-0.39, 0.29) is 18.0 Å². The van der Waals surface area contributed by atoms with E-state index in [0.29, 0.717) is 6.42 Å². The van der Waals surface area contributed by atoms with Crippen molar-refractivity contribution in [2.45, 2.75) is 19.3 Å². The quantitative estimate of drug-likeness (QED) is 0.352. The lowest BCUT2D eigenvalue weighted by molar-refractivity contribution is -0.165. The van der Waals surface area contributed by atoms with Crippen LogP contribution < -0.4 is 0 Å². The van der Waals surface area contributed by atoms with Gasteiger partial charge in [-0.05, 0) is 6.42 Å². The highest BCUT2D eigenvalue weighted by Gasteiger charge is 2.25. The molecule has 2 amide bonds. The van der Waals surface area contributed by atoms with Crippen molar-refractivity contribution in [3.05, 3.63) is 0 Å². The Kier molecular flexibility index (Phi) is 1.46. The van der Waals surface area contributed by atoms with E-state index in [1.54, 1.807) is 0 Å². The molecule has 1 aliphatic rings. The summed E-state index contributed by atoms with van der Waals surface area (Å²) in [5.41, 5.74) is 0. The number of hydrogen-bond acceptors (Lipinski definition) is 2. The van der Waals surface area contributed by atoms with Crippen molar-refractivity contribution in [3.8, 4) is 0 Å². The number of halogens is 1. The van der Waals surface area contributed by atoms with Crippen LogP contribution in [0.25, 0.3) is 0 Å². The maximum atomic E-state index is 12.1. The second kappa shape index (κ2) is 2.13. The van der Waals surface area contributed by atoms with Crippen LogP contribution in [0.15, 0.2) is 0 Å². The summed E-state index contributed by atoms with van der Waals surface area (Å²) in [5.74, 6) is -1.43. The van der Waals surface area contributed by atoms with Gasteiger partial charge < -0.3 is 0 Å². The predicted molar refractivity (Wildman–Crippen MR) is 26.8 cm³/mol. The van der Waals surface area contributed by atoms with Crippen molar-refractivity contribution >= 4 is 11.8 Å². The Morgan fingerprint density at radius 3 is 2.00 bits per heavy atom. The van der Waals surface area contributed by atoms with Crippen LogP contribution in [-0.2, 0) is 9.59 Å². The molecule has 0 radical (unpaired) electrons. The number of nitrogens with zero attached hydrogens (tertiary/aromatic N) is 1. The second-order valence-corrected chi connectivity index (χ2v) is 1.92. The highest BCUT2D eigenvalue weighted by Crippen LogP contribution is 2.11. The van der Waals surface area contributed by atoms with E-state index in [2.05, 4.69) is 0 Å². The van der Waals surface area contributed by atoms with Crippen molar-refractivity contribution in [1.29, 1.82) is 0 Å². The third-order valence-corrected chi connectivity index (χ3v) is 1.22. The number of carbonyl (C=O) groups excluding carboxylic acids is 2. The molecule has 1 heterocycles. The van der Waals surface area contributed by atoms with E-state index >= 15 is 0 Å². The molecular formula is C5H6FNO2. The fraction of sp³-hybridized carbons (Fsp3) is 0.600. The number of carbonyl (C=O) groups is 2. The van der Waals surface area contributed by atoms with Crippen molar-refractivity contribution < 1.29 is 14.1 Å². The number of amides is 2. The van der Waals surface area contributed by atoms with Gasteiger partial charge in [0.1, 0.15) is 0 Å².